The van der Waals surface area contributed by atoms with Crippen LogP contribution >= 0.6 is 23.2 Å². The summed E-state index contributed by atoms with van der Waals surface area (Å²) < 4.78 is 26.3. The number of fused-ring (bicyclic) bond motifs is 1. The van der Waals surface area contributed by atoms with E-state index >= 15 is 0 Å². The molecular weight excluding hydrogens is 547 g/mol. The van der Waals surface area contributed by atoms with Crippen molar-refractivity contribution < 1.29 is 18.9 Å². The summed E-state index contributed by atoms with van der Waals surface area (Å²) in [4.78, 5) is 8.30. The Labute approximate surface area is 244 Å². The Kier molecular flexibility index (Phi) is 7.66. The maximum atomic E-state index is 7.05. The molecule has 0 bridgehead atoms. The highest BCUT2D eigenvalue weighted by molar-refractivity contribution is 6.29. The second-order valence-electron chi connectivity index (χ2n) is 10.5. The number of hydrogen-bond acceptors (Lipinski definition) is 6. The molecule has 3 aromatic carbocycles. The van der Waals surface area contributed by atoms with E-state index in [-0.39, 0.29) is 6.61 Å². The zero-order valence-corrected chi connectivity index (χ0v) is 23.7. The van der Waals surface area contributed by atoms with Crippen LogP contribution in [0.2, 0.25) is 5.15 Å². The molecule has 2 aliphatic rings. The topological polar surface area (TPSA) is 62.7 Å². The van der Waals surface area contributed by atoms with Crippen LogP contribution in [-0.4, -0.2) is 46.8 Å². The molecule has 1 aromatic heterocycles. The lowest BCUT2D eigenvalue weighted by Gasteiger charge is -2.37. The first-order valence-electron chi connectivity index (χ1n) is 13.3. The van der Waals surface area contributed by atoms with Gasteiger partial charge in [-0.15, -0.1) is 11.6 Å². The normalized spacial score (nSPS) is 24.5. The minimum absolute atomic E-state index is 0.226. The molecule has 0 spiro atoms. The molecule has 2 aliphatic heterocycles. The molecule has 4 aromatic rings. The molecule has 0 amide bonds. The zero-order valence-electron chi connectivity index (χ0n) is 22.2. The number of benzene rings is 3. The minimum Gasteiger partial charge on any atom is -0.365 e. The molecule has 206 valence electrons. The largest absolute Gasteiger partial charge is 0.365 e. The lowest BCUT2D eigenvalue weighted by Crippen LogP contribution is -2.39. The van der Waals surface area contributed by atoms with Gasteiger partial charge in [0.2, 0.25) is 0 Å². The maximum absolute atomic E-state index is 7.05. The molecule has 40 heavy (non-hydrogen) atoms. The highest BCUT2D eigenvalue weighted by Gasteiger charge is 2.57. The van der Waals surface area contributed by atoms with Gasteiger partial charge in [0.05, 0.1) is 12.3 Å². The van der Waals surface area contributed by atoms with E-state index in [0.29, 0.717) is 10.8 Å². The van der Waals surface area contributed by atoms with E-state index < -0.39 is 41.2 Å². The van der Waals surface area contributed by atoms with Gasteiger partial charge in [0, 0.05) is 0 Å². The molecule has 0 N–H and O–H groups in total. The fourth-order valence-corrected chi connectivity index (χ4v) is 6.20. The average molecular weight is 578 g/mol. The molecule has 0 saturated carbocycles. The maximum Gasteiger partial charge on any atom is 0.164 e. The van der Waals surface area contributed by atoms with Gasteiger partial charge in [-0.05, 0) is 36.6 Å². The molecule has 5 atom stereocenters. The summed E-state index contributed by atoms with van der Waals surface area (Å²) in [7, 11) is 0. The summed E-state index contributed by atoms with van der Waals surface area (Å²) in [6.07, 6.45) is -0.402. The Bertz CT molecular complexity index is 1330. The fourth-order valence-electron chi connectivity index (χ4n) is 5.73. The summed E-state index contributed by atoms with van der Waals surface area (Å²) in [6, 6.07) is 32.4. The molecule has 2 saturated heterocycles. The third kappa shape index (κ3) is 5.16. The predicted octanol–water partition coefficient (Wildman–Crippen LogP) is 6.71. The van der Waals surface area contributed by atoms with Gasteiger partial charge < -0.3 is 18.9 Å². The molecule has 8 heteroatoms. The quantitative estimate of drug-likeness (QED) is 0.132. The second kappa shape index (κ2) is 11.2. The van der Waals surface area contributed by atoms with Crippen LogP contribution in [0.1, 0.15) is 41.6 Å². The van der Waals surface area contributed by atoms with Gasteiger partial charge in [-0.25, -0.2) is 9.97 Å². The number of nitrogens with zero attached hydrogens (tertiary/aromatic N) is 2. The highest BCUT2D eigenvalue weighted by atomic mass is 35.5. The Balaban J connectivity index is 1.37. The van der Waals surface area contributed by atoms with Crippen molar-refractivity contribution in [1.82, 2.24) is 9.97 Å². The van der Waals surface area contributed by atoms with E-state index in [1.807, 2.05) is 68.4 Å². The fraction of sp³-hybridized carbons (Fsp3) is 0.312. The van der Waals surface area contributed by atoms with Gasteiger partial charge in [-0.1, -0.05) is 103 Å². The molecular formula is C32H30Cl2N2O4. The Morgan fingerprint density at radius 2 is 1.35 bits per heavy atom. The van der Waals surface area contributed by atoms with E-state index in [4.69, 9.17) is 42.1 Å². The van der Waals surface area contributed by atoms with Crippen LogP contribution in [0.4, 0.5) is 0 Å². The SMILES string of the molecule is CC1(C)O[C@@H]2[C@H](O1)[C@@H](COC(c1ccccc1)(c1ccccc1)c1ccccc1)O[C@H]2C(Cl)c1cc(Cl)ncn1. The van der Waals surface area contributed by atoms with Crippen molar-refractivity contribution in [2.45, 2.75) is 55.0 Å². The monoisotopic (exact) mass is 576 g/mol. The Hall–Kier alpha value is -2.84. The molecule has 2 fully saturated rings. The van der Waals surface area contributed by atoms with Gasteiger partial charge in [-0.2, -0.15) is 0 Å². The van der Waals surface area contributed by atoms with Gasteiger partial charge in [0.15, 0.2) is 5.79 Å². The number of aromatic nitrogens is 2. The first kappa shape index (κ1) is 27.3. The number of ether oxygens (including phenoxy) is 4. The minimum atomic E-state index is -0.893. The van der Waals surface area contributed by atoms with Gasteiger partial charge in [0.25, 0.3) is 0 Å². The van der Waals surface area contributed by atoms with Crippen LogP contribution < -0.4 is 0 Å². The van der Waals surface area contributed by atoms with E-state index in [2.05, 4.69) is 46.4 Å². The van der Waals surface area contributed by atoms with Crippen molar-refractivity contribution >= 4 is 23.2 Å². The van der Waals surface area contributed by atoms with Gasteiger partial charge in [0.1, 0.15) is 46.9 Å². The number of rotatable bonds is 8. The molecule has 6 nitrogen and oxygen atoms in total. The molecule has 3 heterocycles. The first-order chi connectivity index (χ1) is 19.4. The highest BCUT2D eigenvalue weighted by Crippen LogP contribution is 2.46. The van der Waals surface area contributed by atoms with Crippen LogP contribution in [0, 0.1) is 0 Å². The van der Waals surface area contributed by atoms with E-state index in [9.17, 15) is 0 Å². The van der Waals surface area contributed by atoms with Crippen molar-refractivity contribution in [2.24, 2.45) is 0 Å². The average Bonchev–Trinajstić information content (AvgIpc) is 3.47. The molecule has 6 rings (SSSR count). The molecule has 0 aliphatic carbocycles. The van der Waals surface area contributed by atoms with Gasteiger partial charge in [-0.3, -0.25) is 0 Å². The van der Waals surface area contributed by atoms with Crippen LogP contribution in [-0.2, 0) is 24.5 Å². The van der Waals surface area contributed by atoms with Crippen molar-refractivity contribution in [3.63, 3.8) is 0 Å². The van der Waals surface area contributed by atoms with Gasteiger partial charge >= 0.3 is 0 Å². The molecule has 0 radical (unpaired) electrons. The lowest BCUT2D eigenvalue weighted by atomic mass is 9.80. The summed E-state index contributed by atoms with van der Waals surface area (Å²) >= 11 is 13.1. The van der Waals surface area contributed by atoms with Crippen LogP contribution in [0.5, 0.6) is 0 Å². The van der Waals surface area contributed by atoms with E-state index in [1.54, 1.807) is 6.07 Å². The van der Waals surface area contributed by atoms with Crippen LogP contribution in [0.25, 0.3) is 0 Å². The van der Waals surface area contributed by atoms with Crippen molar-refractivity contribution in [1.29, 1.82) is 0 Å². The zero-order chi connectivity index (χ0) is 27.7. The Morgan fingerprint density at radius 3 is 1.88 bits per heavy atom. The molecule has 1 unspecified atom stereocenters. The van der Waals surface area contributed by atoms with Crippen LogP contribution in [0.15, 0.2) is 103 Å². The predicted molar refractivity (Wildman–Crippen MR) is 153 cm³/mol. The third-order valence-corrected chi connectivity index (χ3v) is 8.10. The second-order valence-corrected chi connectivity index (χ2v) is 11.3. The summed E-state index contributed by atoms with van der Waals surface area (Å²) in [5.74, 6) is -0.801. The summed E-state index contributed by atoms with van der Waals surface area (Å²) in [5.41, 5.74) is 2.69. The number of hydrogen-bond donors (Lipinski definition) is 0. The van der Waals surface area contributed by atoms with Crippen LogP contribution in [0.3, 0.4) is 0 Å². The lowest BCUT2D eigenvalue weighted by molar-refractivity contribution is -0.195. The summed E-state index contributed by atoms with van der Waals surface area (Å²) in [6.45, 7) is 4.02. The Morgan fingerprint density at radius 1 is 0.825 bits per heavy atom. The number of alkyl halides is 1. The third-order valence-electron chi connectivity index (χ3n) is 7.42. The van der Waals surface area contributed by atoms with Crippen molar-refractivity contribution in [2.75, 3.05) is 6.61 Å². The first-order valence-corrected chi connectivity index (χ1v) is 14.1. The smallest absolute Gasteiger partial charge is 0.164 e. The standard InChI is InChI=1S/C32H30Cl2N2O4/c1-31(2)39-28-25(38-29(30(28)40-31)27(34)24-18-26(33)36-20-35-24)19-37-32(21-12-6-3-7-13-21,22-14-8-4-9-15-22)23-16-10-5-11-17-23/h3-18,20,25,27-30H,19H2,1-2H3/t25-,27?,28-,29+,30-/m1/s1. The van der Waals surface area contributed by atoms with Crippen molar-refractivity contribution in [3.8, 4) is 0 Å². The number of halogens is 2. The summed E-state index contributed by atoms with van der Waals surface area (Å²) in [5, 5.41) is -0.315. The van der Waals surface area contributed by atoms with Crippen molar-refractivity contribution in [3.05, 3.63) is 131 Å². The van der Waals surface area contributed by atoms with E-state index in [1.165, 1.54) is 6.33 Å². The van der Waals surface area contributed by atoms with E-state index in [0.717, 1.165) is 16.7 Å².